The van der Waals surface area contributed by atoms with Crippen molar-refractivity contribution >= 4 is 22.7 Å². The summed E-state index contributed by atoms with van der Waals surface area (Å²) in [5.41, 5.74) is 7.55. The van der Waals surface area contributed by atoms with Gasteiger partial charge in [-0.15, -0.1) is 0 Å². The molecule has 1 unspecified atom stereocenters. The Morgan fingerprint density at radius 3 is 2.87 bits per heavy atom. The summed E-state index contributed by atoms with van der Waals surface area (Å²) in [5, 5.41) is 13.3. The zero-order valence-electron chi connectivity index (χ0n) is 15.7. The number of aromatic nitrogens is 4. The lowest BCUT2D eigenvalue weighted by molar-refractivity contribution is -0.137. The maximum Gasteiger partial charge on any atom is 0.416 e. The fourth-order valence-corrected chi connectivity index (χ4v) is 3.43. The molecule has 0 bridgehead atoms. The minimum Gasteiger partial charge on any atom is -0.350 e. The number of hydrazine groups is 1. The fraction of sp³-hybridized carbons (Fsp3) is 0.316. The number of hydrogen-bond donors (Lipinski definition) is 5. The predicted molar refractivity (Wildman–Crippen MR) is 105 cm³/mol. The van der Waals surface area contributed by atoms with Crippen LogP contribution in [0.2, 0.25) is 0 Å². The molecule has 5 rings (SSSR count). The van der Waals surface area contributed by atoms with Gasteiger partial charge in [0.05, 0.1) is 17.3 Å². The Morgan fingerprint density at radius 2 is 2.07 bits per heavy atom. The maximum atomic E-state index is 13.2. The van der Waals surface area contributed by atoms with E-state index in [0.717, 1.165) is 12.1 Å². The third-order valence-electron chi connectivity index (χ3n) is 5.10. The quantitative estimate of drug-likeness (QED) is 0.421. The average molecular weight is 416 g/mol. The van der Waals surface area contributed by atoms with E-state index in [1.165, 1.54) is 24.7 Å². The molecule has 3 heterocycles. The Morgan fingerprint density at radius 1 is 1.20 bits per heavy atom. The van der Waals surface area contributed by atoms with Crippen molar-refractivity contribution in [2.24, 2.45) is 5.92 Å². The highest BCUT2D eigenvalue weighted by molar-refractivity contribution is 5.82. The average Bonchev–Trinajstić information content (AvgIpc) is 3.26. The molecule has 1 aliphatic heterocycles. The first-order valence-electron chi connectivity index (χ1n) is 9.55. The summed E-state index contributed by atoms with van der Waals surface area (Å²) in [6, 6.07) is 3.90. The number of H-pyrrole nitrogens is 1. The van der Waals surface area contributed by atoms with Gasteiger partial charge < -0.3 is 16.1 Å². The number of fused-ring (bicyclic) bond motifs is 1. The van der Waals surface area contributed by atoms with Crippen molar-refractivity contribution in [1.82, 2.24) is 31.0 Å². The summed E-state index contributed by atoms with van der Waals surface area (Å²) < 4.78 is 39.6. The van der Waals surface area contributed by atoms with Crippen LogP contribution in [0.15, 0.2) is 42.4 Å². The first-order valence-corrected chi connectivity index (χ1v) is 9.55. The van der Waals surface area contributed by atoms with Gasteiger partial charge in [-0.1, -0.05) is 0 Å². The van der Waals surface area contributed by atoms with Crippen LogP contribution in [0.1, 0.15) is 24.0 Å². The number of benzene rings is 1. The molecule has 5 N–H and O–H groups in total. The Kier molecular flexibility index (Phi) is 4.46. The fourth-order valence-electron chi connectivity index (χ4n) is 3.43. The minimum atomic E-state index is -4.44. The Bertz CT molecular complexity index is 1100. The van der Waals surface area contributed by atoms with E-state index < -0.39 is 11.7 Å². The summed E-state index contributed by atoms with van der Waals surface area (Å²) in [6.07, 6.45) is 3.05. The molecule has 0 saturated heterocycles. The first-order chi connectivity index (χ1) is 14.5. The van der Waals surface area contributed by atoms with Gasteiger partial charge in [0.25, 0.3) is 0 Å². The molecule has 0 spiro atoms. The second-order valence-electron chi connectivity index (χ2n) is 7.37. The number of rotatable bonds is 6. The zero-order valence-corrected chi connectivity index (χ0v) is 15.7. The number of allylic oxidation sites excluding steroid dienone is 1. The van der Waals surface area contributed by atoms with Crippen LogP contribution in [0.4, 0.5) is 24.9 Å². The van der Waals surface area contributed by atoms with Crippen LogP contribution >= 0.6 is 0 Å². The summed E-state index contributed by atoms with van der Waals surface area (Å²) in [4.78, 5) is 8.56. The molecule has 0 radical (unpaired) electrons. The lowest BCUT2D eigenvalue weighted by Gasteiger charge is -2.13. The van der Waals surface area contributed by atoms with Crippen LogP contribution in [0.25, 0.3) is 10.9 Å². The molecule has 1 fully saturated rings. The number of aromatic amines is 1. The van der Waals surface area contributed by atoms with Crippen molar-refractivity contribution in [3.8, 4) is 0 Å². The van der Waals surface area contributed by atoms with Crippen molar-refractivity contribution in [3.05, 3.63) is 53.5 Å². The molecule has 30 heavy (non-hydrogen) atoms. The van der Waals surface area contributed by atoms with E-state index in [0.29, 0.717) is 34.2 Å². The van der Waals surface area contributed by atoms with Crippen molar-refractivity contribution in [2.75, 3.05) is 10.6 Å². The Hall–Kier alpha value is -3.34. The topological polar surface area (TPSA) is 103 Å². The second kappa shape index (κ2) is 7.17. The molecule has 11 heteroatoms. The van der Waals surface area contributed by atoms with Gasteiger partial charge in [-0.3, -0.25) is 5.10 Å². The maximum absolute atomic E-state index is 13.2. The zero-order chi connectivity index (χ0) is 20.7. The van der Waals surface area contributed by atoms with Gasteiger partial charge in [-0.05, 0) is 48.6 Å². The monoisotopic (exact) mass is 416 g/mol. The number of nitrogens with one attached hydrogen (secondary N) is 5. The third-order valence-corrected chi connectivity index (χ3v) is 5.10. The van der Waals surface area contributed by atoms with Gasteiger partial charge in [-0.2, -0.15) is 23.3 Å². The van der Waals surface area contributed by atoms with E-state index in [4.69, 9.17) is 0 Å². The molecule has 3 aromatic rings. The highest BCUT2D eigenvalue weighted by Crippen LogP contribution is 2.36. The number of hydrogen-bond acceptors (Lipinski definition) is 7. The van der Waals surface area contributed by atoms with Gasteiger partial charge in [0.15, 0.2) is 0 Å². The molecule has 1 atom stereocenters. The van der Waals surface area contributed by atoms with Crippen LogP contribution in [0, 0.1) is 5.92 Å². The van der Waals surface area contributed by atoms with E-state index in [1.54, 1.807) is 12.3 Å². The van der Waals surface area contributed by atoms with E-state index in [2.05, 4.69) is 47.7 Å². The molecule has 156 valence electrons. The van der Waals surface area contributed by atoms with Gasteiger partial charge in [-0.25, -0.2) is 10.4 Å². The molecular weight excluding hydrogens is 397 g/mol. The smallest absolute Gasteiger partial charge is 0.350 e. The van der Waals surface area contributed by atoms with Gasteiger partial charge >= 0.3 is 6.18 Å². The molecule has 1 aliphatic carbocycles. The van der Waals surface area contributed by atoms with Gasteiger partial charge in [0.2, 0.25) is 5.95 Å². The molecular formula is C19H19F3N8. The van der Waals surface area contributed by atoms with Crippen LogP contribution < -0.4 is 21.5 Å². The lowest BCUT2D eigenvalue weighted by atomic mass is 10.1. The van der Waals surface area contributed by atoms with Crippen LogP contribution in [-0.2, 0) is 12.7 Å². The number of anilines is 2. The molecule has 1 aromatic carbocycles. The normalized spacial score (nSPS) is 18.9. The molecule has 0 amide bonds. The van der Waals surface area contributed by atoms with Crippen molar-refractivity contribution < 1.29 is 13.2 Å². The van der Waals surface area contributed by atoms with E-state index in [9.17, 15) is 13.2 Å². The Balaban J connectivity index is 1.30. The predicted octanol–water partition coefficient (Wildman–Crippen LogP) is 3.12. The highest BCUT2D eigenvalue weighted by atomic mass is 19.4. The van der Waals surface area contributed by atoms with E-state index in [1.807, 2.05) is 0 Å². The second-order valence-corrected chi connectivity index (χ2v) is 7.37. The van der Waals surface area contributed by atoms with Gasteiger partial charge in [0.1, 0.15) is 12.0 Å². The summed E-state index contributed by atoms with van der Waals surface area (Å²) in [6.45, 7) is 0.123. The van der Waals surface area contributed by atoms with Crippen LogP contribution in [0.3, 0.4) is 0 Å². The molecule has 2 aliphatic rings. The van der Waals surface area contributed by atoms with Gasteiger partial charge in [0, 0.05) is 23.8 Å². The van der Waals surface area contributed by atoms with Crippen molar-refractivity contribution in [3.63, 3.8) is 0 Å². The highest BCUT2D eigenvalue weighted by Gasteiger charge is 2.32. The number of alkyl halides is 3. The molecule has 1 saturated carbocycles. The largest absolute Gasteiger partial charge is 0.416 e. The van der Waals surface area contributed by atoms with Crippen LogP contribution in [0.5, 0.6) is 0 Å². The standard InChI is InChI=1S/C19H19F3N8/c20-19(21,22)12-5-11(13-9-25-28-15(13)6-12)8-24-18-23-4-3-16(27-18)26-17-7-14(29-30-17)10-1-2-10/h3-7,9-10,17,29-30H,1-2,8H2,(H,25,28)(H2,23,24,26,27). The lowest BCUT2D eigenvalue weighted by Crippen LogP contribution is -2.37. The summed E-state index contributed by atoms with van der Waals surface area (Å²) >= 11 is 0. The van der Waals surface area contributed by atoms with E-state index >= 15 is 0 Å². The molecule has 2 aromatic heterocycles. The summed E-state index contributed by atoms with van der Waals surface area (Å²) in [7, 11) is 0. The van der Waals surface area contributed by atoms with Crippen LogP contribution in [-0.4, -0.2) is 26.3 Å². The summed E-state index contributed by atoms with van der Waals surface area (Å²) in [5.74, 6) is 1.52. The minimum absolute atomic E-state index is 0.0997. The first kappa shape index (κ1) is 18.7. The number of nitrogens with zero attached hydrogens (tertiary/aromatic N) is 3. The van der Waals surface area contributed by atoms with Crippen molar-refractivity contribution in [1.29, 1.82) is 0 Å². The third kappa shape index (κ3) is 3.88. The SMILES string of the molecule is FC(F)(F)c1cc(CNc2nccc(NC3C=C(C4CC4)NN3)n2)c2cn[nH]c2c1. The van der Waals surface area contributed by atoms with E-state index in [-0.39, 0.29) is 12.7 Å². The Labute approximate surface area is 169 Å². The molecule has 8 nitrogen and oxygen atoms in total. The number of halogens is 3. The van der Waals surface area contributed by atoms with Crippen molar-refractivity contribution in [2.45, 2.75) is 31.7 Å².